The molecule has 1 aromatic heterocycles. The van der Waals surface area contributed by atoms with E-state index in [1.54, 1.807) is 0 Å². The van der Waals surface area contributed by atoms with Gasteiger partial charge in [0.05, 0.1) is 19.1 Å². The minimum atomic E-state index is -0.710. The number of hydrogen-bond donors (Lipinski definition) is 0. The molecule has 0 saturated heterocycles. The van der Waals surface area contributed by atoms with Crippen molar-refractivity contribution in [2.75, 3.05) is 0 Å². The van der Waals surface area contributed by atoms with E-state index in [9.17, 15) is 0 Å². The molecular formula is C41H27N3. The van der Waals surface area contributed by atoms with E-state index in [-0.39, 0.29) is 28.6 Å². The predicted octanol–water partition coefficient (Wildman–Crippen LogP) is 9.52. The van der Waals surface area contributed by atoms with Crippen LogP contribution in [0.25, 0.3) is 56.4 Å². The fourth-order valence-electron chi connectivity index (χ4n) is 6.84. The molecule has 0 radical (unpaired) electrons. The molecule has 3 nitrogen and oxygen atoms in total. The van der Waals surface area contributed by atoms with Crippen molar-refractivity contribution in [2.24, 2.45) is 0 Å². The van der Waals surface area contributed by atoms with Crippen LogP contribution in [-0.2, 0) is 5.41 Å². The largest absolute Gasteiger partial charge is 0.208 e. The summed E-state index contributed by atoms with van der Waals surface area (Å²) >= 11 is 0. The van der Waals surface area contributed by atoms with Gasteiger partial charge in [-0.25, -0.2) is 15.0 Å². The lowest BCUT2D eigenvalue weighted by atomic mass is 9.70. The van der Waals surface area contributed by atoms with Gasteiger partial charge in [0.1, 0.15) is 0 Å². The molecule has 2 aliphatic carbocycles. The standard InChI is InChI=1S/C41H27N3/c1-26-20-22-32-33-23-21-29(40-43-38(27-12-4-2-5-13-27)42-39(44-40)28-14-6-3-7-15-28)25-37(33)41(36(32)24-26)34-18-10-8-16-30(34)31-17-9-11-19-35(31)41/h2-25H,1H3/i2D,3D,4D,5D,6D,7D,12D,13D,14D,15D. The molecule has 206 valence electrons. The van der Waals surface area contributed by atoms with Gasteiger partial charge in [-0.2, -0.15) is 0 Å². The summed E-state index contributed by atoms with van der Waals surface area (Å²) < 4.78 is 84.5. The topological polar surface area (TPSA) is 38.7 Å². The molecule has 2 aliphatic rings. The van der Waals surface area contributed by atoms with Gasteiger partial charge in [0.2, 0.25) is 0 Å². The maximum absolute atomic E-state index is 8.71. The SMILES string of the molecule is [2H]c1c([2H])c([2H])c(-c2nc(-c3ccc4c(c3)C3(c5ccccc5-c5ccccc53)c3cc(C)ccc3-4)nc(-c3c([2H])c([2H])c([2H])c([2H])c3[2H])n2)c([2H])c1[2H]. The Kier molecular flexibility index (Phi) is 3.60. The lowest BCUT2D eigenvalue weighted by Crippen LogP contribution is -2.26. The summed E-state index contributed by atoms with van der Waals surface area (Å²) in [6.07, 6.45) is 0. The van der Waals surface area contributed by atoms with Crippen molar-refractivity contribution >= 4 is 0 Å². The van der Waals surface area contributed by atoms with Gasteiger partial charge < -0.3 is 0 Å². The van der Waals surface area contributed by atoms with Gasteiger partial charge >= 0.3 is 0 Å². The fourth-order valence-corrected chi connectivity index (χ4v) is 6.84. The first-order valence-electron chi connectivity index (χ1n) is 19.2. The molecule has 1 heterocycles. The first-order valence-corrected chi connectivity index (χ1v) is 14.2. The van der Waals surface area contributed by atoms with Crippen molar-refractivity contribution in [1.29, 1.82) is 0 Å². The highest BCUT2D eigenvalue weighted by molar-refractivity contribution is 5.95. The second-order valence-corrected chi connectivity index (χ2v) is 11.0. The molecule has 0 bridgehead atoms. The summed E-state index contributed by atoms with van der Waals surface area (Å²) in [5.41, 5.74) is 8.90. The average molecular weight is 572 g/mol. The van der Waals surface area contributed by atoms with Crippen LogP contribution in [0.1, 0.15) is 41.5 Å². The normalized spacial score (nSPS) is 16.5. The molecule has 7 aromatic rings. The molecule has 0 N–H and O–H groups in total. The van der Waals surface area contributed by atoms with Gasteiger partial charge in [0, 0.05) is 16.7 Å². The minimum Gasteiger partial charge on any atom is -0.208 e. The van der Waals surface area contributed by atoms with Crippen molar-refractivity contribution in [3.63, 3.8) is 0 Å². The third-order valence-electron chi connectivity index (χ3n) is 8.59. The van der Waals surface area contributed by atoms with Crippen LogP contribution >= 0.6 is 0 Å². The molecular weight excluding hydrogens is 534 g/mol. The van der Waals surface area contributed by atoms with Crippen molar-refractivity contribution in [1.82, 2.24) is 15.0 Å². The minimum absolute atomic E-state index is 0.0262. The zero-order chi connectivity index (χ0) is 38.0. The number of fused-ring (bicyclic) bond motifs is 10. The highest BCUT2D eigenvalue weighted by atomic mass is 15.0. The number of aromatic nitrogens is 3. The Morgan fingerprint density at radius 1 is 0.455 bits per heavy atom. The lowest BCUT2D eigenvalue weighted by Gasteiger charge is -2.30. The van der Waals surface area contributed by atoms with E-state index < -0.39 is 65.8 Å². The number of aryl methyl sites for hydroxylation is 1. The molecule has 44 heavy (non-hydrogen) atoms. The van der Waals surface area contributed by atoms with Crippen molar-refractivity contribution in [3.05, 3.63) is 173 Å². The second kappa shape index (κ2) is 9.42. The van der Waals surface area contributed by atoms with Crippen LogP contribution in [-0.4, -0.2) is 15.0 Å². The third kappa shape index (κ3) is 3.47. The molecule has 0 atom stereocenters. The molecule has 0 aliphatic heterocycles. The highest BCUT2D eigenvalue weighted by Gasteiger charge is 2.51. The summed E-state index contributed by atoms with van der Waals surface area (Å²) in [6.45, 7) is 2.07. The van der Waals surface area contributed by atoms with Gasteiger partial charge in [0.15, 0.2) is 17.5 Å². The van der Waals surface area contributed by atoms with E-state index >= 15 is 0 Å². The number of benzene rings is 6. The summed E-state index contributed by atoms with van der Waals surface area (Å²) in [4.78, 5) is 13.9. The Morgan fingerprint density at radius 3 is 1.48 bits per heavy atom. The van der Waals surface area contributed by atoms with Gasteiger partial charge in [0.25, 0.3) is 0 Å². The Labute approximate surface area is 270 Å². The van der Waals surface area contributed by atoms with Crippen LogP contribution in [0.4, 0.5) is 0 Å². The molecule has 9 rings (SSSR count). The quantitative estimate of drug-likeness (QED) is 0.212. The van der Waals surface area contributed by atoms with Crippen LogP contribution in [0.2, 0.25) is 0 Å². The van der Waals surface area contributed by atoms with E-state index in [0.717, 1.165) is 50.1 Å². The zero-order valence-corrected chi connectivity index (χ0v) is 23.4. The lowest BCUT2D eigenvalue weighted by molar-refractivity contribution is 0.792. The van der Waals surface area contributed by atoms with E-state index in [2.05, 4.69) is 54.4 Å². The third-order valence-corrected chi connectivity index (χ3v) is 8.59. The molecule has 0 saturated carbocycles. The summed E-state index contributed by atoms with van der Waals surface area (Å²) in [7, 11) is 0. The van der Waals surface area contributed by atoms with E-state index in [1.807, 2.05) is 42.5 Å². The fraction of sp³-hybridized carbons (Fsp3) is 0.0488. The van der Waals surface area contributed by atoms with Crippen molar-refractivity contribution in [2.45, 2.75) is 12.3 Å². The summed E-state index contributed by atoms with van der Waals surface area (Å²) in [6, 6.07) is 23.2. The molecule has 0 fully saturated rings. The number of hydrogen-bond acceptors (Lipinski definition) is 3. The molecule has 1 spiro atoms. The summed E-state index contributed by atoms with van der Waals surface area (Å²) in [5, 5.41) is 0. The Bertz CT molecular complexity index is 2630. The van der Waals surface area contributed by atoms with Crippen LogP contribution in [0.5, 0.6) is 0 Å². The maximum atomic E-state index is 8.71. The molecule has 0 unspecified atom stereocenters. The summed E-state index contributed by atoms with van der Waals surface area (Å²) in [5.74, 6) is -0.577. The average Bonchev–Trinajstić information content (AvgIpc) is 3.64. The number of rotatable bonds is 3. The molecule has 0 amide bonds. The van der Waals surface area contributed by atoms with Crippen molar-refractivity contribution < 1.29 is 13.7 Å². The highest BCUT2D eigenvalue weighted by Crippen LogP contribution is 2.63. The first kappa shape index (κ1) is 16.8. The Hall–Kier alpha value is -5.67. The van der Waals surface area contributed by atoms with Crippen LogP contribution in [0.3, 0.4) is 0 Å². The van der Waals surface area contributed by atoms with E-state index in [1.165, 1.54) is 0 Å². The van der Waals surface area contributed by atoms with E-state index in [4.69, 9.17) is 23.7 Å². The van der Waals surface area contributed by atoms with Gasteiger partial charge in [-0.15, -0.1) is 0 Å². The Balaban J connectivity index is 1.37. The monoisotopic (exact) mass is 571 g/mol. The van der Waals surface area contributed by atoms with Gasteiger partial charge in [-0.3, -0.25) is 0 Å². The smallest absolute Gasteiger partial charge is 0.164 e. The zero-order valence-electron chi connectivity index (χ0n) is 33.4. The predicted molar refractivity (Wildman–Crippen MR) is 177 cm³/mol. The van der Waals surface area contributed by atoms with Gasteiger partial charge in [-0.05, 0) is 57.5 Å². The van der Waals surface area contributed by atoms with Crippen LogP contribution in [0, 0.1) is 6.92 Å². The number of nitrogens with zero attached hydrogens (tertiary/aromatic N) is 3. The van der Waals surface area contributed by atoms with Crippen molar-refractivity contribution in [3.8, 4) is 56.4 Å². The van der Waals surface area contributed by atoms with Gasteiger partial charge in [-0.1, -0.05) is 145 Å². The van der Waals surface area contributed by atoms with Crippen LogP contribution < -0.4 is 0 Å². The maximum Gasteiger partial charge on any atom is 0.164 e. The second-order valence-electron chi connectivity index (χ2n) is 11.0. The Morgan fingerprint density at radius 2 is 0.909 bits per heavy atom. The van der Waals surface area contributed by atoms with E-state index in [0.29, 0.717) is 5.56 Å². The molecule has 6 aromatic carbocycles. The van der Waals surface area contributed by atoms with Crippen LogP contribution in [0.15, 0.2) is 145 Å². The first-order chi connectivity index (χ1) is 25.9. The molecule has 3 heteroatoms.